The Kier molecular flexibility index (Phi) is 4.51. The topological polar surface area (TPSA) is 59.0 Å². The highest BCUT2D eigenvalue weighted by atomic mass is 32.1. The number of fused-ring (bicyclic) bond motifs is 1. The normalized spacial score (nSPS) is 13.7. The average Bonchev–Trinajstić information content (AvgIpc) is 3.17. The second-order valence-corrected chi connectivity index (χ2v) is 7.59. The Bertz CT molecular complexity index is 936. The summed E-state index contributed by atoms with van der Waals surface area (Å²) in [5, 5.41) is 2.53. The predicted octanol–water partition coefficient (Wildman–Crippen LogP) is 4.32. The minimum Gasteiger partial charge on any atom is -0.307 e. The Labute approximate surface area is 156 Å². The number of rotatable bonds is 3. The zero-order valence-corrected chi connectivity index (χ0v) is 15.7. The summed E-state index contributed by atoms with van der Waals surface area (Å²) < 4.78 is 0. The molecule has 4 rings (SSSR count). The molecule has 6 heteroatoms. The lowest BCUT2D eigenvalue weighted by atomic mass is 9.94. The third kappa shape index (κ3) is 3.12. The number of hydrogen-bond acceptors (Lipinski definition) is 5. The van der Waals surface area contributed by atoms with Gasteiger partial charge in [0.15, 0.2) is 0 Å². The minimum absolute atomic E-state index is 0.0466. The van der Waals surface area contributed by atoms with Gasteiger partial charge in [-0.1, -0.05) is 26.0 Å². The molecule has 3 aromatic rings. The molecule has 1 aromatic carbocycles. The van der Waals surface area contributed by atoms with Crippen LogP contribution >= 0.6 is 11.3 Å². The van der Waals surface area contributed by atoms with Crippen LogP contribution in [0.15, 0.2) is 42.2 Å². The Balaban J connectivity index is 1.63. The number of carbonyl (C=O) groups excluding carboxylic acids is 1. The van der Waals surface area contributed by atoms with E-state index in [-0.39, 0.29) is 5.91 Å². The van der Waals surface area contributed by atoms with E-state index in [0.717, 1.165) is 25.1 Å². The molecule has 0 aliphatic carbocycles. The van der Waals surface area contributed by atoms with Gasteiger partial charge in [-0.25, -0.2) is 4.98 Å². The van der Waals surface area contributed by atoms with Gasteiger partial charge >= 0.3 is 0 Å². The molecule has 0 bridgehead atoms. The summed E-state index contributed by atoms with van der Waals surface area (Å²) in [4.78, 5) is 27.7. The first kappa shape index (κ1) is 16.8. The quantitative estimate of drug-likeness (QED) is 0.694. The second-order valence-electron chi connectivity index (χ2n) is 6.73. The van der Waals surface area contributed by atoms with E-state index in [2.05, 4.69) is 47.0 Å². The van der Waals surface area contributed by atoms with Crippen LogP contribution in [0, 0.1) is 0 Å². The molecule has 0 atom stereocenters. The first-order valence-electron chi connectivity index (χ1n) is 8.80. The van der Waals surface area contributed by atoms with E-state index in [9.17, 15) is 4.79 Å². The van der Waals surface area contributed by atoms with Crippen LogP contribution in [0.1, 0.15) is 47.8 Å². The molecule has 0 unspecified atom stereocenters. The fourth-order valence-electron chi connectivity index (χ4n) is 3.22. The van der Waals surface area contributed by atoms with Crippen LogP contribution in [-0.4, -0.2) is 27.4 Å². The molecule has 0 spiro atoms. The average molecular weight is 364 g/mol. The van der Waals surface area contributed by atoms with Crippen molar-refractivity contribution in [3.05, 3.63) is 59.0 Å². The summed E-state index contributed by atoms with van der Waals surface area (Å²) in [6, 6.07) is 6.45. The lowest BCUT2D eigenvalue weighted by Crippen LogP contribution is -2.35. The molecule has 26 heavy (non-hydrogen) atoms. The summed E-state index contributed by atoms with van der Waals surface area (Å²) in [6.45, 7) is 5.11. The molecular weight excluding hydrogens is 344 g/mol. The van der Waals surface area contributed by atoms with Gasteiger partial charge in [-0.15, -0.1) is 11.3 Å². The lowest BCUT2D eigenvalue weighted by Gasteiger charge is -2.29. The third-order valence-electron chi connectivity index (χ3n) is 4.64. The lowest BCUT2D eigenvalue weighted by molar-refractivity contribution is 0.0981. The molecule has 1 aliphatic rings. The van der Waals surface area contributed by atoms with Crippen LogP contribution in [0.25, 0.3) is 10.7 Å². The first-order valence-corrected chi connectivity index (χ1v) is 9.68. The van der Waals surface area contributed by atoms with Crippen molar-refractivity contribution in [2.45, 2.75) is 32.6 Å². The van der Waals surface area contributed by atoms with Crippen molar-refractivity contribution in [1.29, 1.82) is 0 Å². The number of aryl methyl sites for hydroxylation is 1. The summed E-state index contributed by atoms with van der Waals surface area (Å²) in [5.41, 5.74) is 4.74. The fraction of sp³-hybridized carbons (Fsp3) is 0.300. The second kappa shape index (κ2) is 6.96. The van der Waals surface area contributed by atoms with Crippen LogP contribution in [0.3, 0.4) is 0 Å². The summed E-state index contributed by atoms with van der Waals surface area (Å²) in [5.74, 6) is 0.439. The van der Waals surface area contributed by atoms with Crippen molar-refractivity contribution in [2.75, 3.05) is 11.4 Å². The maximum absolute atomic E-state index is 13.1. The number of nitrogens with zero attached hydrogens (tertiary/aromatic N) is 4. The van der Waals surface area contributed by atoms with Gasteiger partial charge in [0, 0.05) is 30.0 Å². The van der Waals surface area contributed by atoms with Crippen molar-refractivity contribution >= 4 is 22.9 Å². The van der Waals surface area contributed by atoms with E-state index >= 15 is 0 Å². The SMILES string of the molecule is CC(C)c1ccc2c(c1)CCCN2C(=O)c1csc(-c2cnccn2)n1. The van der Waals surface area contributed by atoms with E-state index in [1.165, 1.54) is 22.5 Å². The fourth-order valence-corrected chi connectivity index (χ4v) is 3.98. The summed E-state index contributed by atoms with van der Waals surface area (Å²) >= 11 is 1.42. The highest BCUT2D eigenvalue weighted by molar-refractivity contribution is 7.13. The van der Waals surface area contributed by atoms with Crippen LogP contribution in [0.5, 0.6) is 0 Å². The van der Waals surface area contributed by atoms with Crippen LogP contribution in [0.2, 0.25) is 0 Å². The number of amides is 1. The van der Waals surface area contributed by atoms with E-state index in [4.69, 9.17) is 0 Å². The van der Waals surface area contributed by atoms with Crippen LogP contribution < -0.4 is 4.90 Å². The molecule has 2 aromatic heterocycles. The highest BCUT2D eigenvalue weighted by Gasteiger charge is 2.26. The molecule has 0 saturated carbocycles. The van der Waals surface area contributed by atoms with Gasteiger partial charge in [0.05, 0.1) is 6.20 Å². The monoisotopic (exact) mass is 364 g/mol. The molecular formula is C20H20N4OS. The number of anilines is 1. The smallest absolute Gasteiger partial charge is 0.277 e. The van der Waals surface area contributed by atoms with Crippen molar-refractivity contribution in [3.8, 4) is 10.7 Å². The molecule has 132 valence electrons. The number of aromatic nitrogens is 3. The van der Waals surface area contributed by atoms with Crippen LogP contribution in [0.4, 0.5) is 5.69 Å². The largest absolute Gasteiger partial charge is 0.307 e. The molecule has 5 nitrogen and oxygen atoms in total. The van der Waals surface area contributed by atoms with Gasteiger partial charge in [-0.05, 0) is 36.0 Å². The maximum Gasteiger partial charge on any atom is 0.277 e. The number of thiazole rings is 1. The van der Waals surface area contributed by atoms with E-state index in [1.54, 1.807) is 18.6 Å². The van der Waals surface area contributed by atoms with Crippen molar-refractivity contribution < 1.29 is 4.79 Å². The molecule has 1 amide bonds. The third-order valence-corrected chi connectivity index (χ3v) is 5.50. The standard InChI is InChI=1S/C20H20N4OS/c1-13(2)14-5-6-18-15(10-14)4-3-9-24(18)20(25)17-12-26-19(23-17)16-11-21-7-8-22-16/h5-8,10-13H,3-4,9H2,1-2H3. The summed E-state index contributed by atoms with van der Waals surface area (Å²) in [7, 11) is 0. The molecule has 0 fully saturated rings. The molecule has 3 heterocycles. The van der Waals surface area contributed by atoms with Crippen molar-refractivity contribution in [1.82, 2.24) is 15.0 Å². The zero-order chi connectivity index (χ0) is 18.1. The zero-order valence-electron chi connectivity index (χ0n) is 14.8. The van der Waals surface area contributed by atoms with E-state index < -0.39 is 0 Å². The minimum atomic E-state index is -0.0466. The Morgan fingerprint density at radius 2 is 2.15 bits per heavy atom. The van der Waals surface area contributed by atoms with Crippen molar-refractivity contribution in [2.24, 2.45) is 0 Å². The number of hydrogen-bond donors (Lipinski definition) is 0. The number of benzene rings is 1. The maximum atomic E-state index is 13.1. The van der Waals surface area contributed by atoms with Gasteiger partial charge in [-0.2, -0.15) is 0 Å². The van der Waals surface area contributed by atoms with Crippen molar-refractivity contribution in [3.63, 3.8) is 0 Å². The Morgan fingerprint density at radius 1 is 1.27 bits per heavy atom. The molecule has 0 radical (unpaired) electrons. The molecule has 0 saturated heterocycles. The van der Waals surface area contributed by atoms with Gasteiger partial charge in [0.25, 0.3) is 5.91 Å². The Hall–Kier alpha value is -2.60. The Morgan fingerprint density at radius 3 is 2.92 bits per heavy atom. The predicted molar refractivity (Wildman–Crippen MR) is 104 cm³/mol. The van der Waals surface area contributed by atoms with Gasteiger partial charge in [0.1, 0.15) is 16.4 Å². The van der Waals surface area contributed by atoms with Gasteiger partial charge < -0.3 is 4.90 Å². The van der Waals surface area contributed by atoms with Crippen LogP contribution in [-0.2, 0) is 6.42 Å². The first-order chi connectivity index (χ1) is 12.6. The summed E-state index contributed by atoms with van der Waals surface area (Å²) in [6.07, 6.45) is 6.91. The van der Waals surface area contributed by atoms with E-state index in [0.29, 0.717) is 22.3 Å². The van der Waals surface area contributed by atoms with E-state index in [1.807, 2.05) is 10.3 Å². The highest BCUT2D eigenvalue weighted by Crippen LogP contribution is 2.32. The molecule has 1 aliphatic heterocycles. The van der Waals surface area contributed by atoms with Gasteiger partial charge in [0.2, 0.25) is 0 Å². The van der Waals surface area contributed by atoms with Gasteiger partial charge in [-0.3, -0.25) is 14.8 Å². The molecule has 0 N–H and O–H groups in total. The number of carbonyl (C=O) groups is 1.